The van der Waals surface area contributed by atoms with E-state index < -0.39 is 0 Å². The molecule has 3 heteroatoms. The van der Waals surface area contributed by atoms with Crippen molar-refractivity contribution < 1.29 is 9.47 Å². The highest BCUT2D eigenvalue weighted by Crippen LogP contribution is 2.17. The molecule has 2 aromatic rings. The minimum Gasteiger partial charge on any atom is -0.497 e. The van der Waals surface area contributed by atoms with Crippen molar-refractivity contribution in [3.8, 4) is 11.5 Å². The van der Waals surface area contributed by atoms with Crippen molar-refractivity contribution in [2.75, 3.05) is 13.7 Å². The largest absolute Gasteiger partial charge is 0.497 e. The van der Waals surface area contributed by atoms with Gasteiger partial charge in [-0.05, 0) is 35.9 Å². The molecule has 2 aromatic carbocycles. The molecule has 0 saturated carbocycles. The van der Waals surface area contributed by atoms with E-state index in [9.17, 15) is 0 Å². The molecule has 0 aliphatic rings. The monoisotopic (exact) mass is 262 g/mol. The van der Waals surface area contributed by atoms with Crippen molar-refractivity contribution in [2.24, 2.45) is 0 Å². The summed E-state index contributed by atoms with van der Waals surface area (Å²) in [6, 6.07) is 15.4. The summed E-state index contributed by atoms with van der Waals surface area (Å²) in [6.45, 7) is 0.632. The van der Waals surface area contributed by atoms with Gasteiger partial charge in [-0.3, -0.25) is 0 Å². The molecule has 18 heavy (non-hydrogen) atoms. The minimum atomic E-state index is 0.632. The molecular weight excluding hydrogens is 248 g/mol. The van der Waals surface area contributed by atoms with Gasteiger partial charge in [0, 0.05) is 11.4 Å². The molecule has 0 spiro atoms. The van der Waals surface area contributed by atoms with Gasteiger partial charge in [-0.1, -0.05) is 29.8 Å². The van der Waals surface area contributed by atoms with Crippen molar-refractivity contribution in [2.45, 2.75) is 6.42 Å². The average molecular weight is 263 g/mol. The lowest BCUT2D eigenvalue weighted by atomic mass is 10.1. The van der Waals surface area contributed by atoms with Gasteiger partial charge >= 0.3 is 0 Å². The van der Waals surface area contributed by atoms with E-state index in [2.05, 4.69) is 0 Å². The molecule has 0 aliphatic carbocycles. The third-order valence-electron chi connectivity index (χ3n) is 2.61. The molecule has 0 bridgehead atoms. The topological polar surface area (TPSA) is 18.5 Å². The molecule has 2 rings (SSSR count). The van der Waals surface area contributed by atoms with E-state index in [0.29, 0.717) is 11.6 Å². The van der Waals surface area contributed by atoms with Crippen LogP contribution >= 0.6 is 11.6 Å². The van der Waals surface area contributed by atoms with Crippen LogP contribution in [-0.2, 0) is 6.42 Å². The molecule has 0 fully saturated rings. The zero-order chi connectivity index (χ0) is 12.8. The van der Waals surface area contributed by atoms with Crippen LogP contribution in [0.15, 0.2) is 48.5 Å². The summed E-state index contributed by atoms with van der Waals surface area (Å²) >= 11 is 5.88. The fourth-order valence-electron chi connectivity index (χ4n) is 1.64. The molecular formula is C15H15ClO2. The second-order valence-corrected chi connectivity index (χ2v) is 4.34. The number of methoxy groups -OCH3 is 1. The summed E-state index contributed by atoms with van der Waals surface area (Å²) in [7, 11) is 1.66. The minimum absolute atomic E-state index is 0.632. The second-order valence-electron chi connectivity index (χ2n) is 3.90. The molecule has 0 aromatic heterocycles. The summed E-state index contributed by atoms with van der Waals surface area (Å²) in [6.07, 6.45) is 0.858. The molecule has 0 aliphatic heterocycles. The first kappa shape index (κ1) is 12.8. The van der Waals surface area contributed by atoms with Crippen LogP contribution in [0.2, 0.25) is 5.02 Å². The van der Waals surface area contributed by atoms with E-state index in [1.165, 1.54) is 5.56 Å². The standard InChI is InChI=1S/C15H15ClO2/c1-17-14-7-5-12(6-8-14)9-10-18-15-4-2-3-13(16)11-15/h2-8,11H,9-10H2,1H3. The van der Waals surface area contributed by atoms with Crippen LogP contribution in [0.5, 0.6) is 11.5 Å². The predicted octanol–water partition coefficient (Wildman–Crippen LogP) is 3.97. The number of hydrogen-bond acceptors (Lipinski definition) is 2. The first-order chi connectivity index (χ1) is 8.78. The summed E-state index contributed by atoms with van der Waals surface area (Å²) in [5.41, 5.74) is 1.22. The zero-order valence-electron chi connectivity index (χ0n) is 10.2. The van der Waals surface area contributed by atoms with Gasteiger partial charge in [0.1, 0.15) is 11.5 Å². The smallest absolute Gasteiger partial charge is 0.120 e. The van der Waals surface area contributed by atoms with Gasteiger partial charge < -0.3 is 9.47 Å². The first-order valence-corrected chi connectivity index (χ1v) is 6.17. The molecule has 0 heterocycles. The molecule has 0 unspecified atom stereocenters. The lowest BCUT2D eigenvalue weighted by molar-refractivity contribution is 0.322. The van der Waals surface area contributed by atoms with Gasteiger partial charge in [-0.2, -0.15) is 0 Å². The van der Waals surface area contributed by atoms with Crippen molar-refractivity contribution in [1.29, 1.82) is 0 Å². The Labute approximate surface area is 112 Å². The number of ether oxygens (including phenoxy) is 2. The van der Waals surface area contributed by atoms with Crippen molar-refractivity contribution >= 4 is 11.6 Å². The summed E-state index contributed by atoms with van der Waals surface area (Å²) in [5, 5.41) is 0.692. The second kappa shape index (κ2) is 6.31. The third kappa shape index (κ3) is 3.67. The molecule has 0 amide bonds. The first-order valence-electron chi connectivity index (χ1n) is 5.79. The van der Waals surface area contributed by atoms with Gasteiger partial charge in [0.25, 0.3) is 0 Å². The maximum absolute atomic E-state index is 5.88. The van der Waals surface area contributed by atoms with Crippen LogP contribution in [0.25, 0.3) is 0 Å². The Hall–Kier alpha value is -1.67. The third-order valence-corrected chi connectivity index (χ3v) is 2.85. The number of benzene rings is 2. The van der Waals surface area contributed by atoms with E-state index in [1.807, 2.05) is 48.5 Å². The maximum Gasteiger partial charge on any atom is 0.120 e. The Morgan fingerprint density at radius 1 is 1.00 bits per heavy atom. The van der Waals surface area contributed by atoms with E-state index in [-0.39, 0.29) is 0 Å². The Morgan fingerprint density at radius 3 is 2.44 bits per heavy atom. The fraction of sp³-hybridized carbons (Fsp3) is 0.200. The highest BCUT2D eigenvalue weighted by Gasteiger charge is 1.97. The van der Waals surface area contributed by atoms with Crippen LogP contribution in [-0.4, -0.2) is 13.7 Å². The van der Waals surface area contributed by atoms with Crippen LogP contribution in [0, 0.1) is 0 Å². The van der Waals surface area contributed by atoms with Gasteiger partial charge in [0.15, 0.2) is 0 Å². The SMILES string of the molecule is COc1ccc(CCOc2cccc(Cl)c2)cc1. The maximum atomic E-state index is 5.88. The predicted molar refractivity (Wildman–Crippen MR) is 73.6 cm³/mol. The van der Waals surface area contributed by atoms with E-state index in [0.717, 1.165) is 17.9 Å². The summed E-state index contributed by atoms with van der Waals surface area (Å²) in [4.78, 5) is 0. The highest BCUT2D eigenvalue weighted by molar-refractivity contribution is 6.30. The Morgan fingerprint density at radius 2 is 1.78 bits per heavy atom. The number of hydrogen-bond donors (Lipinski definition) is 0. The molecule has 0 saturated heterocycles. The Kier molecular flexibility index (Phi) is 4.48. The summed E-state index contributed by atoms with van der Waals surface area (Å²) < 4.78 is 10.7. The Bertz CT molecular complexity index is 494. The average Bonchev–Trinajstić information content (AvgIpc) is 2.40. The Balaban J connectivity index is 1.84. The van der Waals surface area contributed by atoms with Gasteiger partial charge in [0.05, 0.1) is 13.7 Å². The van der Waals surface area contributed by atoms with E-state index in [4.69, 9.17) is 21.1 Å². The van der Waals surface area contributed by atoms with Crippen LogP contribution in [0.3, 0.4) is 0 Å². The normalized spacial score (nSPS) is 10.1. The van der Waals surface area contributed by atoms with Gasteiger partial charge in [0.2, 0.25) is 0 Å². The molecule has 94 valence electrons. The van der Waals surface area contributed by atoms with Crippen molar-refractivity contribution in [3.63, 3.8) is 0 Å². The van der Waals surface area contributed by atoms with Gasteiger partial charge in [-0.25, -0.2) is 0 Å². The fourth-order valence-corrected chi connectivity index (χ4v) is 1.82. The van der Waals surface area contributed by atoms with Crippen LogP contribution in [0.1, 0.15) is 5.56 Å². The van der Waals surface area contributed by atoms with Crippen molar-refractivity contribution in [1.82, 2.24) is 0 Å². The van der Waals surface area contributed by atoms with Crippen molar-refractivity contribution in [3.05, 3.63) is 59.1 Å². The molecule has 2 nitrogen and oxygen atoms in total. The number of rotatable bonds is 5. The molecule has 0 atom stereocenters. The molecule has 0 radical (unpaired) electrons. The molecule has 0 N–H and O–H groups in total. The number of halogens is 1. The lowest BCUT2D eigenvalue weighted by Gasteiger charge is -2.07. The van der Waals surface area contributed by atoms with Crippen LogP contribution in [0.4, 0.5) is 0 Å². The zero-order valence-corrected chi connectivity index (χ0v) is 11.0. The van der Waals surface area contributed by atoms with E-state index in [1.54, 1.807) is 7.11 Å². The lowest BCUT2D eigenvalue weighted by Crippen LogP contribution is -2.01. The summed E-state index contributed by atoms with van der Waals surface area (Å²) in [5.74, 6) is 1.67. The quantitative estimate of drug-likeness (QED) is 0.812. The van der Waals surface area contributed by atoms with Gasteiger partial charge in [-0.15, -0.1) is 0 Å². The van der Waals surface area contributed by atoms with Crippen LogP contribution < -0.4 is 9.47 Å². The van der Waals surface area contributed by atoms with E-state index >= 15 is 0 Å². The highest BCUT2D eigenvalue weighted by atomic mass is 35.5.